The van der Waals surface area contributed by atoms with Gasteiger partial charge in [-0.25, -0.2) is 0 Å². The smallest absolute Gasteiger partial charge is 0.187 e. The number of rotatable bonds is 8. The molecule has 1 unspecified atom stereocenters. The Kier molecular flexibility index (Phi) is 8.12. The third-order valence-electron chi connectivity index (χ3n) is 4.48. The van der Waals surface area contributed by atoms with Crippen LogP contribution in [-0.4, -0.2) is 112 Å². The molecule has 0 bridgehead atoms. The zero-order chi connectivity index (χ0) is 19.4. The Hall–Kier alpha value is -0.440. The van der Waals surface area contributed by atoms with Crippen LogP contribution in [0.1, 0.15) is 13.3 Å². The second-order valence-corrected chi connectivity index (χ2v) is 6.51. The predicted octanol–water partition coefficient (Wildman–Crippen LogP) is -4.00. The summed E-state index contributed by atoms with van der Waals surface area (Å²) in [6.45, 7) is 1.38. The van der Waals surface area contributed by atoms with Crippen LogP contribution in [0.15, 0.2) is 0 Å². The molecule has 2 fully saturated rings. The van der Waals surface area contributed by atoms with Gasteiger partial charge in [0.1, 0.15) is 42.7 Å². The van der Waals surface area contributed by atoms with Gasteiger partial charge in [0.05, 0.1) is 19.3 Å². The molecule has 0 spiro atoms. The third-order valence-corrected chi connectivity index (χ3v) is 4.48. The van der Waals surface area contributed by atoms with Crippen LogP contribution >= 0.6 is 0 Å². The van der Waals surface area contributed by atoms with Crippen molar-refractivity contribution in [3.63, 3.8) is 0 Å². The van der Waals surface area contributed by atoms with E-state index in [2.05, 4.69) is 0 Å². The van der Waals surface area contributed by atoms with Gasteiger partial charge in [0.25, 0.3) is 0 Å². The predicted molar refractivity (Wildman–Crippen MR) is 84.6 cm³/mol. The molecular formula is C15H29NO10. The molecule has 154 valence electrons. The molecule has 0 aliphatic carbocycles. The average Bonchev–Trinajstić information content (AvgIpc) is 2.89. The topological polar surface area (TPSA) is 184 Å². The molecule has 2 aliphatic heterocycles. The SMILES string of the molecule is CC(O)[C@H]1O[C@H](O[C@@H]2[C@H](O)[C@H](OCCCN)O[C@H](CO)[C@H]2O)[C@@H](O)[C@@H]1O. The van der Waals surface area contributed by atoms with Crippen molar-refractivity contribution in [2.75, 3.05) is 19.8 Å². The highest BCUT2D eigenvalue weighted by Crippen LogP contribution is 2.30. The van der Waals surface area contributed by atoms with Crippen molar-refractivity contribution in [3.05, 3.63) is 0 Å². The fraction of sp³-hybridized carbons (Fsp3) is 1.00. The van der Waals surface area contributed by atoms with Crippen molar-refractivity contribution in [3.8, 4) is 0 Å². The summed E-state index contributed by atoms with van der Waals surface area (Å²) in [6, 6.07) is 0. The molecule has 2 saturated heterocycles. The minimum absolute atomic E-state index is 0.185. The fourth-order valence-electron chi connectivity index (χ4n) is 2.97. The van der Waals surface area contributed by atoms with Gasteiger partial charge in [-0.3, -0.25) is 0 Å². The van der Waals surface area contributed by atoms with Crippen molar-refractivity contribution in [2.24, 2.45) is 5.73 Å². The summed E-state index contributed by atoms with van der Waals surface area (Å²) < 4.78 is 21.5. The number of hydrogen-bond donors (Lipinski definition) is 7. The van der Waals surface area contributed by atoms with E-state index >= 15 is 0 Å². The van der Waals surface area contributed by atoms with E-state index in [1.165, 1.54) is 6.92 Å². The van der Waals surface area contributed by atoms with E-state index < -0.39 is 68.0 Å². The summed E-state index contributed by atoms with van der Waals surface area (Å²) in [5.74, 6) is 0. The van der Waals surface area contributed by atoms with Crippen LogP contribution in [0.4, 0.5) is 0 Å². The molecule has 2 heterocycles. The number of ether oxygens (including phenoxy) is 4. The first-order valence-corrected chi connectivity index (χ1v) is 8.61. The largest absolute Gasteiger partial charge is 0.394 e. The van der Waals surface area contributed by atoms with Crippen LogP contribution in [0, 0.1) is 0 Å². The van der Waals surface area contributed by atoms with E-state index in [9.17, 15) is 30.6 Å². The van der Waals surface area contributed by atoms with E-state index in [-0.39, 0.29) is 6.61 Å². The second kappa shape index (κ2) is 9.66. The van der Waals surface area contributed by atoms with Gasteiger partial charge >= 0.3 is 0 Å². The van der Waals surface area contributed by atoms with E-state index in [0.717, 1.165) is 0 Å². The first-order valence-electron chi connectivity index (χ1n) is 8.61. The van der Waals surface area contributed by atoms with Gasteiger partial charge < -0.3 is 55.3 Å². The summed E-state index contributed by atoms with van der Waals surface area (Å²) in [5, 5.41) is 59.6. The molecule has 2 aliphatic rings. The minimum Gasteiger partial charge on any atom is -0.394 e. The summed E-state index contributed by atoms with van der Waals surface area (Å²) in [5.41, 5.74) is 5.38. The van der Waals surface area contributed by atoms with Gasteiger partial charge in [-0.1, -0.05) is 0 Å². The van der Waals surface area contributed by atoms with E-state index in [0.29, 0.717) is 13.0 Å². The quantitative estimate of drug-likeness (QED) is 0.203. The van der Waals surface area contributed by atoms with Crippen LogP contribution in [0.25, 0.3) is 0 Å². The maximum atomic E-state index is 10.4. The maximum Gasteiger partial charge on any atom is 0.187 e. The first kappa shape index (κ1) is 21.9. The zero-order valence-corrected chi connectivity index (χ0v) is 14.5. The highest BCUT2D eigenvalue weighted by molar-refractivity contribution is 4.94. The van der Waals surface area contributed by atoms with Crippen LogP contribution in [0.2, 0.25) is 0 Å². The molecule has 0 amide bonds. The Morgan fingerprint density at radius 2 is 1.69 bits per heavy atom. The van der Waals surface area contributed by atoms with E-state index in [1.54, 1.807) is 0 Å². The maximum absolute atomic E-state index is 10.4. The monoisotopic (exact) mass is 383 g/mol. The highest BCUT2D eigenvalue weighted by atomic mass is 16.7. The molecule has 0 aromatic heterocycles. The van der Waals surface area contributed by atoms with Crippen molar-refractivity contribution < 1.29 is 49.6 Å². The van der Waals surface area contributed by atoms with Crippen LogP contribution in [0.5, 0.6) is 0 Å². The lowest BCUT2D eigenvalue weighted by atomic mass is 9.98. The van der Waals surface area contributed by atoms with E-state index in [4.69, 9.17) is 24.7 Å². The average molecular weight is 383 g/mol. The molecule has 8 N–H and O–H groups in total. The molecule has 26 heavy (non-hydrogen) atoms. The van der Waals surface area contributed by atoms with Crippen LogP contribution < -0.4 is 5.73 Å². The molecule has 0 aromatic rings. The van der Waals surface area contributed by atoms with Gasteiger partial charge in [0.2, 0.25) is 0 Å². The van der Waals surface area contributed by atoms with Crippen molar-refractivity contribution in [2.45, 2.75) is 74.8 Å². The van der Waals surface area contributed by atoms with Gasteiger partial charge in [0, 0.05) is 0 Å². The zero-order valence-electron chi connectivity index (χ0n) is 14.5. The van der Waals surface area contributed by atoms with Crippen molar-refractivity contribution in [1.82, 2.24) is 0 Å². The number of aliphatic hydroxyl groups excluding tert-OH is 6. The second-order valence-electron chi connectivity index (χ2n) is 6.51. The lowest BCUT2D eigenvalue weighted by molar-refractivity contribution is -0.331. The van der Waals surface area contributed by atoms with Crippen molar-refractivity contribution in [1.29, 1.82) is 0 Å². The molecule has 0 radical (unpaired) electrons. The molecule has 10 atom stereocenters. The Labute approximate surface area is 150 Å². The Morgan fingerprint density at radius 3 is 2.23 bits per heavy atom. The molecule has 0 saturated carbocycles. The molecule has 0 aromatic carbocycles. The molecule has 2 rings (SSSR count). The van der Waals surface area contributed by atoms with Gasteiger partial charge in [0.15, 0.2) is 12.6 Å². The summed E-state index contributed by atoms with van der Waals surface area (Å²) in [7, 11) is 0. The van der Waals surface area contributed by atoms with Crippen LogP contribution in [0.3, 0.4) is 0 Å². The Morgan fingerprint density at radius 1 is 1.00 bits per heavy atom. The normalized spacial score (nSPS) is 45.0. The number of nitrogens with two attached hydrogens (primary N) is 1. The number of aliphatic hydroxyl groups is 6. The lowest BCUT2D eigenvalue weighted by Crippen LogP contribution is -2.61. The standard InChI is InChI=1S/C15H29NO10/c1-6(18)12-9(20)10(21)15(25-12)26-13-8(19)7(5-17)24-14(11(13)22)23-4-2-3-16/h6-15,17-22H,2-5,16H2,1H3/t6?,7-,8-,9+,10+,11+,12-,13+,14-,15-/m1/s1. The van der Waals surface area contributed by atoms with Crippen molar-refractivity contribution >= 4 is 0 Å². The van der Waals surface area contributed by atoms with Gasteiger partial charge in [-0.05, 0) is 19.9 Å². The fourth-order valence-corrected chi connectivity index (χ4v) is 2.97. The highest BCUT2D eigenvalue weighted by Gasteiger charge is 2.51. The van der Waals surface area contributed by atoms with E-state index in [1.807, 2.05) is 0 Å². The Bertz CT molecular complexity index is 427. The third kappa shape index (κ3) is 4.69. The molecular weight excluding hydrogens is 354 g/mol. The summed E-state index contributed by atoms with van der Waals surface area (Å²) in [4.78, 5) is 0. The van der Waals surface area contributed by atoms with Crippen LogP contribution in [-0.2, 0) is 18.9 Å². The summed E-state index contributed by atoms with van der Waals surface area (Å²) >= 11 is 0. The molecule has 11 heteroatoms. The Balaban J connectivity index is 2.07. The summed E-state index contributed by atoms with van der Waals surface area (Å²) in [6.07, 6.45) is -12.5. The van der Waals surface area contributed by atoms with Gasteiger partial charge in [-0.15, -0.1) is 0 Å². The number of hydrogen-bond acceptors (Lipinski definition) is 11. The minimum atomic E-state index is -1.50. The van der Waals surface area contributed by atoms with Gasteiger partial charge in [-0.2, -0.15) is 0 Å². The lowest BCUT2D eigenvalue weighted by Gasteiger charge is -2.42. The molecule has 11 nitrogen and oxygen atoms in total. The first-order chi connectivity index (χ1) is 12.3.